The van der Waals surface area contributed by atoms with Crippen LogP contribution in [0, 0.1) is 23.7 Å². The van der Waals surface area contributed by atoms with Crippen LogP contribution < -0.4 is 10.6 Å². The number of nitrogens with one attached hydrogen (secondary N) is 2. The molecular formula is C27H56N4O. The van der Waals surface area contributed by atoms with Gasteiger partial charge in [-0.2, -0.15) is 0 Å². The van der Waals surface area contributed by atoms with E-state index in [4.69, 9.17) is 4.74 Å². The van der Waals surface area contributed by atoms with E-state index in [1.54, 1.807) is 0 Å². The van der Waals surface area contributed by atoms with E-state index >= 15 is 0 Å². The van der Waals surface area contributed by atoms with Crippen molar-refractivity contribution in [2.24, 2.45) is 23.7 Å². The summed E-state index contributed by atoms with van der Waals surface area (Å²) >= 11 is 0. The lowest BCUT2D eigenvalue weighted by Gasteiger charge is -2.40. The van der Waals surface area contributed by atoms with Gasteiger partial charge >= 0.3 is 0 Å². The minimum Gasteiger partial charge on any atom is -0.372 e. The predicted octanol–water partition coefficient (Wildman–Crippen LogP) is 4.09. The Bertz CT molecular complexity index is 467. The molecule has 2 saturated heterocycles. The second kappa shape index (κ2) is 15.7. The number of hydrogen-bond donors (Lipinski definition) is 2. The molecule has 2 fully saturated rings. The van der Waals surface area contributed by atoms with Crippen LogP contribution in [0.5, 0.6) is 0 Å². The van der Waals surface area contributed by atoms with Crippen molar-refractivity contribution in [2.75, 3.05) is 65.4 Å². The van der Waals surface area contributed by atoms with Gasteiger partial charge in [0.2, 0.25) is 0 Å². The lowest BCUT2D eigenvalue weighted by molar-refractivity contribution is -0.100. The second-order valence-corrected chi connectivity index (χ2v) is 11.8. The zero-order valence-corrected chi connectivity index (χ0v) is 22.4. The highest BCUT2D eigenvalue weighted by atomic mass is 16.5. The second-order valence-electron chi connectivity index (χ2n) is 11.8. The largest absolute Gasteiger partial charge is 0.372 e. The lowest BCUT2D eigenvalue weighted by Crippen LogP contribution is -2.49. The number of rotatable bonds is 15. The molecule has 2 aliphatic heterocycles. The number of morpholine rings is 1. The molecule has 0 bridgehead atoms. The SMILES string of the molecule is CC(C)CCNCC(C)CC1CN(CCC(C)C)CC(CC(C)CCN2CCNCC2)O1. The van der Waals surface area contributed by atoms with E-state index in [-0.39, 0.29) is 0 Å². The molecule has 0 aromatic carbocycles. The maximum absolute atomic E-state index is 6.71. The Hall–Kier alpha value is -0.200. The van der Waals surface area contributed by atoms with E-state index in [1.165, 1.54) is 58.3 Å². The Morgan fingerprint density at radius 2 is 1.38 bits per heavy atom. The number of nitrogens with zero attached hydrogens (tertiary/aromatic N) is 2. The van der Waals surface area contributed by atoms with Crippen LogP contribution in [-0.4, -0.2) is 87.5 Å². The molecule has 0 spiro atoms. The molecule has 2 rings (SSSR count). The molecule has 2 N–H and O–H groups in total. The summed E-state index contributed by atoms with van der Waals surface area (Å²) in [6.07, 6.45) is 7.05. The van der Waals surface area contributed by atoms with Crippen molar-refractivity contribution < 1.29 is 4.74 Å². The van der Waals surface area contributed by atoms with E-state index in [9.17, 15) is 0 Å². The minimum atomic E-state index is 0.392. The van der Waals surface area contributed by atoms with Crippen LogP contribution in [0.15, 0.2) is 0 Å². The normalized spacial score (nSPS) is 25.5. The third-order valence-corrected chi connectivity index (χ3v) is 7.20. The number of hydrogen-bond acceptors (Lipinski definition) is 5. The first kappa shape index (κ1) is 28.0. The number of ether oxygens (including phenoxy) is 1. The Balaban J connectivity index is 1.78. The molecule has 0 aromatic rings. The quantitative estimate of drug-likeness (QED) is 0.366. The van der Waals surface area contributed by atoms with Crippen LogP contribution in [0.1, 0.15) is 73.6 Å². The summed E-state index contributed by atoms with van der Waals surface area (Å²) in [5.41, 5.74) is 0. The molecule has 0 amide bonds. The fourth-order valence-corrected chi connectivity index (χ4v) is 5.07. The molecule has 0 aliphatic carbocycles. The van der Waals surface area contributed by atoms with E-state index in [1.807, 2.05) is 0 Å². The van der Waals surface area contributed by atoms with Crippen molar-refractivity contribution in [3.63, 3.8) is 0 Å². The Morgan fingerprint density at radius 1 is 0.781 bits per heavy atom. The monoisotopic (exact) mass is 452 g/mol. The lowest BCUT2D eigenvalue weighted by atomic mass is 9.96. The summed E-state index contributed by atoms with van der Waals surface area (Å²) in [7, 11) is 0. The standard InChI is InChI=1S/C27H56N4O/c1-22(2)7-10-29-19-25(6)18-27-21-31(13-8-23(3)4)20-26(32-27)17-24(5)9-14-30-15-11-28-12-16-30/h22-29H,7-21H2,1-6H3. The first-order valence-electron chi connectivity index (χ1n) is 13.8. The summed E-state index contributed by atoms with van der Waals surface area (Å²) in [4.78, 5) is 5.33. The van der Waals surface area contributed by atoms with Gasteiger partial charge < -0.3 is 20.3 Å². The van der Waals surface area contributed by atoms with Gasteiger partial charge in [0.25, 0.3) is 0 Å². The van der Waals surface area contributed by atoms with Crippen molar-refractivity contribution in [1.29, 1.82) is 0 Å². The zero-order chi connectivity index (χ0) is 23.3. The van der Waals surface area contributed by atoms with Crippen molar-refractivity contribution >= 4 is 0 Å². The fourth-order valence-electron chi connectivity index (χ4n) is 5.07. The first-order chi connectivity index (χ1) is 15.3. The van der Waals surface area contributed by atoms with Crippen molar-refractivity contribution in [2.45, 2.75) is 85.9 Å². The zero-order valence-electron chi connectivity index (χ0n) is 22.4. The molecule has 5 nitrogen and oxygen atoms in total. The highest BCUT2D eigenvalue weighted by Crippen LogP contribution is 2.24. The molecule has 4 atom stereocenters. The molecule has 0 aromatic heterocycles. The molecule has 0 radical (unpaired) electrons. The van der Waals surface area contributed by atoms with Gasteiger partial charge in [-0.1, -0.05) is 41.5 Å². The third kappa shape index (κ3) is 12.3. The van der Waals surface area contributed by atoms with E-state index in [2.05, 4.69) is 62.0 Å². The average Bonchev–Trinajstić information content (AvgIpc) is 2.74. The maximum atomic E-state index is 6.71. The Kier molecular flexibility index (Phi) is 13.7. The van der Waals surface area contributed by atoms with Crippen molar-refractivity contribution in [3.8, 4) is 0 Å². The molecule has 32 heavy (non-hydrogen) atoms. The summed E-state index contributed by atoms with van der Waals surface area (Å²) in [5, 5.41) is 7.13. The van der Waals surface area contributed by atoms with Gasteiger partial charge in [-0.3, -0.25) is 4.90 Å². The molecule has 2 heterocycles. The summed E-state index contributed by atoms with van der Waals surface area (Å²) in [6, 6.07) is 0. The molecule has 0 saturated carbocycles. The van der Waals surface area contributed by atoms with Crippen LogP contribution in [0.4, 0.5) is 0 Å². The average molecular weight is 453 g/mol. The Morgan fingerprint density at radius 3 is 2.00 bits per heavy atom. The minimum absolute atomic E-state index is 0.392. The van der Waals surface area contributed by atoms with Gasteiger partial charge in [0.1, 0.15) is 0 Å². The van der Waals surface area contributed by atoms with E-state index in [0.29, 0.717) is 18.1 Å². The van der Waals surface area contributed by atoms with Gasteiger partial charge in [0.15, 0.2) is 0 Å². The van der Waals surface area contributed by atoms with Gasteiger partial charge in [-0.05, 0) is 82.0 Å². The van der Waals surface area contributed by atoms with Crippen LogP contribution in [-0.2, 0) is 4.74 Å². The molecule has 4 unspecified atom stereocenters. The molecular weight excluding hydrogens is 396 g/mol. The smallest absolute Gasteiger partial charge is 0.0709 e. The highest BCUT2D eigenvalue weighted by Gasteiger charge is 2.29. The highest BCUT2D eigenvalue weighted by molar-refractivity contribution is 4.81. The predicted molar refractivity (Wildman–Crippen MR) is 138 cm³/mol. The maximum Gasteiger partial charge on any atom is 0.0709 e. The van der Waals surface area contributed by atoms with Crippen LogP contribution in [0.2, 0.25) is 0 Å². The van der Waals surface area contributed by atoms with Gasteiger partial charge in [-0.15, -0.1) is 0 Å². The van der Waals surface area contributed by atoms with E-state index < -0.39 is 0 Å². The molecule has 190 valence electrons. The van der Waals surface area contributed by atoms with Gasteiger partial charge in [0.05, 0.1) is 12.2 Å². The van der Waals surface area contributed by atoms with Crippen molar-refractivity contribution in [1.82, 2.24) is 20.4 Å². The van der Waals surface area contributed by atoms with E-state index in [0.717, 1.165) is 57.0 Å². The van der Waals surface area contributed by atoms with Crippen molar-refractivity contribution in [3.05, 3.63) is 0 Å². The third-order valence-electron chi connectivity index (χ3n) is 7.20. The van der Waals surface area contributed by atoms with Gasteiger partial charge in [0, 0.05) is 39.3 Å². The van der Waals surface area contributed by atoms with Crippen LogP contribution in [0.3, 0.4) is 0 Å². The van der Waals surface area contributed by atoms with Gasteiger partial charge in [-0.25, -0.2) is 0 Å². The molecule has 5 heteroatoms. The van der Waals surface area contributed by atoms with Crippen LogP contribution >= 0.6 is 0 Å². The summed E-state index contributed by atoms with van der Waals surface area (Å²) < 4.78 is 6.71. The first-order valence-corrected chi connectivity index (χ1v) is 13.8. The fraction of sp³-hybridized carbons (Fsp3) is 1.00. The summed E-state index contributed by atoms with van der Waals surface area (Å²) in [6.45, 7) is 25.8. The van der Waals surface area contributed by atoms with Crippen LogP contribution in [0.25, 0.3) is 0 Å². The Labute approximate surface area is 200 Å². The summed E-state index contributed by atoms with van der Waals surface area (Å²) in [5.74, 6) is 2.96. The topological polar surface area (TPSA) is 39.8 Å². The molecule has 2 aliphatic rings. The number of piperazine rings is 1.